The number of rotatable bonds is 5. The molecule has 0 bridgehead atoms. The number of nitrogens with one attached hydrogen (secondary N) is 2. The first-order chi connectivity index (χ1) is 13.3. The molecule has 1 aromatic carbocycles. The van der Waals surface area contributed by atoms with Gasteiger partial charge in [-0.2, -0.15) is 0 Å². The Balaban J connectivity index is 1.39. The van der Waals surface area contributed by atoms with Crippen LogP contribution in [0, 0.1) is 5.92 Å². The lowest BCUT2D eigenvalue weighted by molar-refractivity contribution is -0.120. The van der Waals surface area contributed by atoms with Crippen molar-refractivity contribution in [2.24, 2.45) is 5.92 Å². The summed E-state index contributed by atoms with van der Waals surface area (Å²) in [7, 11) is 0. The van der Waals surface area contributed by atoms with Crippen LogP contribution in [0.25, 0.3) is 5.82 Å². The highest BCUT2D eigenvalue weighted by atomic mass is 16.1. The van der Waals surface area contributed by atoms with Crippen molar-refractivity contribution in [3.63, 3.8) is 0 Å². The van der Waals surface area contributed by atoms with Crippen molar-refractivity contribution < 1.29 is 4.79 Å². The van der Waals surface area contributed by atoms with Crippen molar-refractivity contribution in [2.75, 3.05) is 10.6 Å². The second-order valence-electron chi connectivity index (χ2n) is 6.76. The lowest BCUT2D eigenvalue weighted by Crippen LogP contribution is -2.24. The van der Waals surface area contributed by atoms with Crippen LogP contribution in [-0.4, -0.2) is 25.4 Å². The van der Waals surface area contributed by atoms with Crippen molar-refractivity contribution in [3.8, 4) is 5.82 Å². The van der Waals surface area contributed by atoms with E-state index in [1.54, 1.807) is 12.5 Å². The summed E-state index contributed by atoms with van der Waals surface area (Å²) in [5, 5.41) is 6.28. The number of aromatic nitrogens is 4. The van der Waals surface area contributed by atoms with E-state index in [4.69, 9.17) is 0 Å². The maximum absolute atomic E-state index is 12.3. The molecule has 1 aliphatic rings. The Morgan fingerprint density at radius 2 is 1.81 bits per heavy atom. The summed E-state index contributed by atoms with van der Waals surface area (Å²) in [6.07, 6.45) is 12.3. The van der Waals surface area contributed by atoms with Gasteiger partial charge in [0.2, 0.25) is 5.91 Å². The minimum Gasteiger partial charge on any atom is -0.340 e. The molecule has 27 heavy (non-hydrogen) atoms. The lowest BCUT2D eigenvalue weighted by Gasteiger charge is -2.20. The molecule has 2 heterocycles. The molecule has 7 heteroatoms. The highest BCUT2D eigenvalue weighted by Gasteiger charge is 2.20. The van der Waals surface area contributed by atoms with Crippen LogP contribution in [0.15, 0.2) is 55.4 Å². The summed E-state index contributed by atoms with van der Waals surface area (Å²) < 4.78 is 1.82. The van der Waals surface area contributed by atoms with Gasteiger partial charge < -0.3 is 10.6 Å². The van der Waals surface area contributed by atoms with E-state index in [2.05, 4.69) is 25.6 Å². The van der Waals surface area contributed by atoms with E-state index in [-0.39, 0.29) is 11.8 Å². The van der Waals surface area contributed by atoms with Gasteiger partial charge in [-0.1, -0.05) is 19.3 Å². The third kappa shape index (κ3) is 4.31. The molecular weight excluding hydrogens is 340 g/mol. The quantitative estimate of drug-likeness (QED) is 0.718. The van der Waals surface area contributed by atoms with Crippen LogP contribution < -0.4 is 10.6 Å². The lowest BCUT2D eigenvalue weighted by atomic mass is 9.88. The summed E-state index contributed by atoms with van der Waals surface area (Å²) in [5.74, 6) is 1.71. The third-order valence-electron chi connectivity index (χ3n) is 4.82. The molecule has 0 saturated heterocycles. The fraction of sp³-hybridized carbons (Fsp3) is 0.300. The largest absolute Gasteiger partial charge is 0.340 e. The highest BCUT2D eigenvalue weighted by Crippen LogP contribution is 2.25. The molecule has 1 amide bonds. The Morgan fingerprint density at radius 1 is 1.04 bits per heavy atom. The van der Waals surface area contributed by atoms with Gasteiger partial charge in [-0.15, -0.1) is 0 Å². The first kappa shape index (κ1) is 17.2. The van der Waals surface area contributed by atoms with Crippen molar-refractivity contribution in [1.29, 1.82) is 0 Å². The van der Waals surface area contributed by atoms with Crippen molar-refractivity contribution >= 4 is 23.1 Å². The second-order valence-corrected chi connectivity index (χ2v) is 6.76. The van der Waals surface area contributed by atoms with Gasteiger partial charge in [0.15, 0.2) is 0 Å². The normalized spacial score (nSPS) is 14.7. The fourth-order valence-electron chi connectivity index (χ4n) is 3.35. The van der Waals surface area contributed by atoms with Gasteiger partial charge in [-0.05, 0) is 37.1 Å². The van der Waals surface area contributed by atoms with Crippen LogP contribution in [0.5, 0.6) is 0 Å². The summed E-state index contributed by atoms with van der Waals surface area (Å²) in [5.41, 5.74) is 1.71. The Kier molecular flexibility index (Phi) is 5.09. The number of carbonyl (C=O) groups excluding carboxylic acids is 1. The molecule has 7 nitrogen and oxygen atoms in total. The highest BCUT2D eigenvalue weighted by molar-refractivity contribution is 5.92. The molecule has 0 aliphatic heterocycles. The van der Waals surface area contributed by atoms with Gasteiger partial charge in [-0.25, -0.2) is 15.0 Å². The minimum absolute atomic E-state index is 0.135. The van der Waals surface area contributed by atoms with Gasteiger partial charge in [0.05, 0.1) is 0 Å². The van der Waals surface area contributed by atoms with Gasteiger partial charge in [-0.3, -0.25) is 9.36 Å². The number of anilines is 3. The first-order valence-electron chi connectivity index (χ1n) is 9.26. The molecule has 1 saturated carbocycles. The molecule has 3 aromatic rings. The van der Waals surface area contributed by atoms with Gasteiger partial charge in [0.1, 0.15) is 24.3 Å². The minimum atomic E-state index is 0.135. The average molecular weight is 362 g/mol. The summed E-state index contributed by atoms with van der Waals surface area (Å²) >= 11 is 0. The summed E-state index contributed by atoms with van der Waals surface area (Å²) in [6, 6.07) is 9.51. The number of hydrogen-bond donors (Lipinski definition) is 2. The number of amides is 1. The van der Waals surface area contributed by atoms with Gasteiger partial charge in [0.25, 0.3) is 0 Å². The van der Waals surface area contributed by atoms with E-state index < -0.39 is 0 Å². The van der Waals surface area contributed by atoms with Crippen LogP contribution in [0.4, 0.5) is 17.2 Å². The molecule has 0 radical (unpaired) electrons. The molecular formula is C20H22N6O. The Morgan fingerprint density at radius 3 is 2.56 bits per heavy atom. The van der Waals surface area contributed by atoms with Gasteiger partial charge in [0, 0.05) is 35.8 Å². The molecule has 0 atom stereocenters. The van der Waals surface area contributed by atoms with E-state index in [0.29, 0.717) is 5.82 Å². The zero-order chi connectivity index (χ0) is 18.5. The predicted octanol–water partition coefficient (Wildman–Crippen LogP) is 3.92. The second kappa shape index (κ2) is 7.99. The molecule has 2 aromatic heterocycles. The maximum atomic E-state index is 12.3. The summed E-state index contributed by atoms with van der Waals surface area (Å²) in [4.78, 5) is 24.9. The maximum Gasteiger partial charge on any atom is 0.227 e. The zero-order valence-corrected chi connectivity index (χ0v) is 15.0. The number of imidazole rings is 1. The Bertz CT molecular complexity index is 885. The van der Waals surface area contributed by atoms with Crippen molar-refractivity contribution in [1.82, 2.24) is 19.5 Å². The Labute approximate surface area is 157 Å². The van der Waals surface area contributed by atoms with E-state index in [1.165, 1.54) is 12.7 Å². The smallest absolute Gasteiger partial charge is 0.227 e. The standard InChI is InChI=1S/C20H22N6O/c27-20(15-4-2-1-3-5-15)25-17-8-6-16(7-9-17)24-18-12-19(23-13-22-18)26-11-10-21-14-26/h6-15H,1-5H2,(H,25,27)(H,22,23,24). The topological polar surface area (TPSA) is 84.7 Å². The van der Waals surface area contributed by atoms with Crippen LogP contribution in [0.3, 0.4) is 0 Å². The molecule has 0 unspecified atom stereocenters. The number of hydrogen-bond acceptors (Lipinski definition) is 5. The molecule has 1 fully saturated rings. The monoisotopic (exact) mass is 362 g/mol. The number of nitrogens with zero attached hydrogens (tertiary/aromatic N) is 4. The predicted molar refractivity (Wildman–Crippen MR) is 104 cm³/mol. The fourth-order valence-corrected chi connectivity index (χ4v) is 3.35. The Hall–Kier alpha value is -3.22. The van der Waals surface area contributed by atoms with Crippen molar-refractivity contribution in [2.45, 2.75) is 32.1 Å². The molecule has 0 spiro atoms. The number of benzene rings is 1. The zero-order valence-electron chi connectivity index (χ0n) is 15.0. The molecule has 4 rings (SSSR count). The van der Waals surface area contributed by atoms with Gasteiger partial charge >= 0.3 is 0 Å². The van der Waals surface area contributed by atoms with Crippen LogP contribution in [-0.2, 0) is 4.79 Å². The number of carbonyl (C=O) groups is 1. The first-order valence-corrected chi connectivity index (χ1v) is 9.26. The molecule has 1 aliphatic carbocycles. The van der Waals surface area contributed by atoms with Crippen molar-refractivity contribution in [3.05, 3.63) is 55.4 Å². The van der Waals surface area contributed by atoms with E-state index in [1.807, 2.05) is 41.1 Å². The van der Waals surface area contributed by atoms with Crippen LogP contribution in [0.1, 0.15) is 32.1 Å². The molecule has 2 N–H and O–H groups in total. The van der Waals surface area contributed by atoms with Crippen LogP contribution in [0.2, 0.25) is 0 Å². The van der Waals surface area contributed by atoms with E-state index in [9.17, 15) is 4.79 Å². The SMILES string of the molecule is O=C(Nc1ccc(Nc2cc(-n3ccnc3)ncn2)cc1)C1CCCCC1. The van der Waals surface area contributed by atoms with E-state index >= 15 is 0 Å². The summed E-state index contributed by atoms with van der Waals surface area (Å²) in [6.45, 7) is 0. The van der Waals surface area contributed by atoms with Crippen LogP contribution >= 0.6 is 0 Å². The molecule has 138 valence electrons. The third-order valence-corrected chi connectivity index (χ3v) is 4.82. The average Bonchev–Trinajstić information content (AvgIpc) is 3.25. The van der Waals surface area contributed by atoms with E-state index in [0.717, 1.165) is 42.9 Å².